The zero-order valence-electron chi connectivity index (χ0n) is 19.9. The smallest absolute Gasteiger partial charge is 0.487 e. The van der Waals surface area contributed by atoms with Crippen molar-refractivity contribution in [3.05, 3.63) is 65.2 Å². The highest BCUT2D eigenvalue weighted by molar-refractivity contribution is 6.01. The Bertz CT molecular complexity index is 1340. The normalized spacial score (nSPS) is 13.7. The molecule has 1 N–H and O–H groups in total. The third kappa shape index (κ3) is 5.90. The SMILES string of the molecule is CNC(=O)C(CCC=O)N1Cc2c(OCc3cn(-c4ccc(OC(F)(F)F)cc4)nn3)cc(F)cc2C1=O. The van der Waals surface area contributed by atoms with Crippen molar-refractivity contribution in [3.8, 4) is 17.2 Å². The second-order valence-corrected chi connectivity index (χ2v) is 8.22. The van der Waals surface area contributed by atoms with Gasteiger partial charge < -0.3 is 24.5 Å². The van der Waals surface area contributed by atoms with Gasteiger partial charge in [0.2, 0.25) is 5.91 Å². The number of nitrogens with one attached hydrogen (secondary N) is 1. The van der Waals surface area contributed by atoms with E-state index in [1.165, 1.54) is 35.0 Å². The van der Waals surface area contributed by atoms with Crippen LogP contribution in [0.3, 0.4) is 0 Å². The summed E-state index contributed by atoms with van der Waals surface area (Å²) in [7, 11) is 1.41. The number of alkyl halides is 3. The first-order valence-corrected chi connectivity index (χ1v) is 11.3. The number of rotatable bonds is 10. The van der Waals surface area contributed by atoms with E-state index in [1.54, 1.807) is 0 Å². The van der Waals surface area contributed by atoms with Crippen molar-refractivity contribution < 1.29 is 41.4 Å². The number of benzene rings is 2. The van der Waals surface area contributed by atoms with Gasteiger partial charge in [-0.2, -0.15) is 0 Å². The van der Waals surface area contributed by atoms with Crippen molar-refractivity contribution in [1.29, 1.82) is 0 Å². The summed E-state index contributed by atoms with van der Waals surface area (Å²) in [6.45, 7) is -0.191. The number of hydrogen-bond acceptors (Lipinski definition) is 7. The van der Waals surface area contributed by atoms with Crippen LogP contribution in [0.1, 0.15) is 34.5 Å². The molecular weight excluding hydrogens is 514 g/mol. The Kier molecular flexibility index (Phi) is 7.60. The number of aromatic nitrogens is 3. The van der Waals surface area contributed by atoms with Gasteiger partial charge >= 0.3 is 6.36 Å². The monoisotopic (exact) mass is 535 g/mol. The lowest BCUT2D eigenvalue weighted by molar-refractivity contribution is -0.274. The van der Waals surface area contributed by atoms with E-state index in [-0.39, 0.29) is 37.3 Å². The van der Waals surface area contributed by atoms with Crippen molar-refractivity contribution in [2.45, 2.75) is 38.4 Å². The summed E-state index contributed by atoms with van der Waals surface area (Å²) in [6.07, 6.45) is -2.53. The second-order valence-electron chi connectivity index (χ2n) is 8.22. The summed E-state index contributed by atoms with van der Waals surface area (Å²) in [4.78, 5) is 37.5. The molecule has 0 radical (unpaired) electrons. The van der Waals surface area contributed by atoms with Gasteiger partial charge in [0.1, 0.15) is 41.9 Å². The van der Waals surface area contributed by atoms with Crippen LogP contribution < -0.4 is 14.8 Å². The number of fused-ring (bicyclic) bond motifs is 1. The van der Waals surface area contributed by atoms with Crippen molar-refractivity contribution in [1.82, 2.24) is 25.2 Å². The Morgan fingerprint density at radius 2 is 1.97 bits per heavy atom. The Hall–Kier alpha value is -4.49. The molecule has 2 heterocycles. The van der Waals surface area contributed by atoms with Gasteiger partial charge in [0.15, 0.2) is 0 Å². The molecule has 0 saturated heterocycles. The minimum absolute atomic E-state index is 0.0280. The first-order chi connectivity index (χ1) is 18.1. The lowest BCUT2D eigenvalue weighted by Crippen LogP contribution is -2.46. The van der Waals surface area contributed by atoms with Crippen LogP contribution in [0.15, 0.2) is 42.6 Å². The molecule has 200 valence electrons. The lowest BCUT2D eigenvalue weighted by atomic mass is 10.1. The number of aldehydes is 1. The van der Waals surface area contributed by atoms with Crippen molar-refractivity contribution in [2.24, 2.45) is 0 Å². The fourth-order valence-electron chi connectivity index (χ4n) is 4.01. The van der Waals surface area contributed by atoms with Gasteiger partial charge in [0, 0.05) is 25.1 Å². The minimum Gasteiger partial charge on any atom is -0.487 e. The summed E-state index contributed by atoms with van der Waals surface area (Å²) in [6, 6.07) is 6.21. The molecule has 10 nitrogen and oxygen atoms in total. The van der Waals surface area contributed by atoms with Gasteiger partial charge in [-0.1, -0.05) is 5.21 Å². The average molecular weight is 535 g/mol. The van der Waals surface area contributed by atoms with E-state index in [0.717, 1.165) is 24.3 Å². The molecule has 1 unspecified atom stereocenters. The molecular formula is C24H21F4N5O5. The first-order valence-electron chi connectivity index (χ1n) is 11.3. The Morgan fingerprint density at radius 1 is 1.24 bits per heavy atom. The van der Waals surface area contributed by atoms with E-state index in [4.69, 9.17) is 4.74 Å². The van der Waals surface area contributed by atoms with E-state index < -0.39 is 35.8 Å². The zero-order valence-corrected chi connectivity index (χ0v) is 19.9. The van der Waals surface area contributed by atoms with Crippen LogP contribution in [-0.4, -0.2) is 57.4 Å². The molecule has 2 aromatic carbocycles. The Balaban J connectivity index is 1.48. The standard InChI is InChI=1S/C24H21F4N5O5/c1-29-22(35)20(3-2-8-34)32-12-19-18(23(32)36)9-14(25)10-21(19)37-13-15-11-33(31-30-15)16-4-6-17(7-5-16)38-24(26,27)28/h4-11,20H,2-3,12-13H2,1H3,(H,29,35). The fourth-order valence-corrected chi connectivity index (χ4v) is 4.01. The van der Waals surface area contributed by atoms with E-state index in [2.05, 4.69) is 20.4 Å². The number of halogens is 4. The molecule has 0 bridgehead atoms. The topological polar surface area (TPSA) is 116 Å². The van der Waals surface area contributed by atoms with E-state index in [1.807, 2.05) is 0 Å². The summed E-state index contributed by atoms with van der Waals surface area (Å²) in [5.74, 6) is -2.05. The molecule has 14 heteroatoms. The van der Waals surface area contributed by atoms with Crippen LogP contribution in [0.2, 0.25) is 0 Å². The summed E-state index contributed by atoms with van der Waals surface area (Å²) in [5, 5.41) is 10.3. The third-order valence-electron chi connectivity index (χ3n) is 5.73. The fraction of sp³-hybridized carbons (Fsp3) is 0.292. The maximum atomic E-state index is 14.3. The van der Waals surface area contributed by atoms with Gasteiger partial charge in [-0.25, -0.2) is 9.07 Å². The molecule has 2 amide bonds. The molecule has 3 aromatic rings. The van der Waals surface area contributed by atoms with Crippen LogP contribution in [0, 0.1) is 5.82 Å². The number of amides is 2. The van der Waals surface area contributed by atoms with Crippen LogP contribution in [0.5, 0.6) is 11.5 Å². The highest BCUT2D eigenvalue weighted by Gasteiger charge is 2.38. The first kappa shape index (κ1) is 26.6. The van der Waals surface area contributed by atoms with Crippen LogP contribution in [0.4, 0.5) is 17.6 Å². The van der Waals surface area contributed by atoms with Crippen molar-refractivity contribution in [2.75, 3.05) is 7.05 Å². The molecule has 0 spiro atoms. The van der Waals surface area contributed by atoms with E-state index in [0.29, 0.717) is 23.2 Å². The molecule has 1 aliphatic heterocycles. The van der Waals surface area contributed by atoms with Gasteiger partial charge in [-0.3, -0.25) is 9.59 Å². The molecule has 0 fully saturated rings. The zero-order chi connectivity index (χ0) is 27.4. The van der Waals surface area contributed by atoms with Gasteiger partial charge in [-0.15, -0.1) is 18.3 Å². The average Bonchev–Trinajstić information content (AvgIpc) is 3.47. The van der Waals surface area contributed by atoms with E-state index >= 15 is 0 Å². The molecule has 38 heavy (non-hydrogen) atoms. The molecule has 0 saturated carbocycles. The number of ether oxygens (including phenoxy) is 2. The molecule has 1 aliphatic rings. The van der Waals surface area contributed by atoms with Crippen molar-refractivity contribution in [3.63, 3.8) is 0 Å². The number of nitrogens with zero attached hydrogens (tertiary/aromatic N) is 4. The highest BCUT2D eigenvalue weighted by Crippen LogP contribution is 2.34. The second kappa shape index (κ2) is 10.9. The summed E-state index contributed by atoms with van der Waals surface area (Å²) >= 11 is 0. The van der Waals surface area contributed by atoms with Gasteiger partial charge in [0.05, 0.1) is 24.0 Å². The molecule has 0 aliphatic carbocycles. The number of carbonyl (C=O) groups excluding carboxylic acids is 3. The number of likely N-dealkylation sites (N-methyl/N-ethyl adjacent to an activating group) is 1. The molecule has 1 atom stereocenters. The molecule has 4 rings (SSSR count). The van der Waals surface area contributed by atoms with Gasteiger partial charge in [0.25, 0.3) is 5.91 Å². The maximum Gasteiger partial charge on any atom is 0.573 e. The Morgan fingerprint density at radius 3 is 2.63 bits per heavy atom. The Labute approximate surface area is 213 Å². The quantitative estimate of drug-likeness (QED) is 0.314. The number of carbonyl (C=O) groups is 3. The predicted molar refractivity (Wildman–Crippen MR) is 122 cm³/mol. The van der Waals surface area contributed by atoms with Gasteiger partial charge in [-0.05, 0) is 36.8 Å². The number of hydrogen-bond donors (Lipinski definition) is 1. The van der Waals surface area contributed by atoms with Crippen LogP contribution in [0.25, 0.3) is 5.69 Å². The van der Waals surface area contributed by atoms with Crippen LogP contribution in [-0.2, 0) is 22.7 Å². The van der Waals surface area contributed by atoms with E-state index in [9.17, 15) is 31.9 Å². The minimum atomic E-state index is -4.81. The lowest BCUT2D eigenvalue weighted by Gasteiger charge is -2.25. The van der Waals surface area contributed by atoms with Crippen molar-refractivity contribution >= 4 is 18.1 Å². The predicted octanol–water partition coefficient (Wildman–Crippen LogP) is 2.93. The third-order valence-corrected chi connectivity index (χ3v) is 5.73. The summed E-state index contributed by atoms with van der Waals surface area (Å²) in [5.41, 5.74) is 1.14. The highest BCUT2D eigenvalue weighted by atomic mass is 19.4. The molecule has 1 aromatic heterocycles. The summed E-state index contributed by atoms with van der Waals surface area (Å²) < 4.78 is 62.3. The van der Waals surface area contributed by atoms with Crippen LogP contribution >= 0.6 is 0 Å². The largest absolute Gasteiger partial charge is 0.573 e. The maximum absolute atomic E-state index is 14.3.